The number of hydrogen-bond donors (Lipinski definition) is 12. The number of quaternary nitrogens is 2. The molecule has 6 amide bonds. The molecule has 0 aliphatic carbocycles. The lowest BCUT2D eigenvalue weighted by Crippen LogP contribution is -2.54. The van der Waals surface area contributed by atoms with E-state index in [-0.39, 0.29) is 201 Å². The van der Waals surface area contributed by atoms with Gasteiger partial charge < -0.3 is 90.7 Å². The molecule has 0 saturated heterocycles. The molecule has 0 radical (unpaired) electrons. The van der Waals surface area contributed by atoms with E-state index >= 15 is 0 Å². The summed E-state index contributed by atoms with van der Waals surface area (Å²) in [5, 5.41) is 88.9. The van der Waals surface area contributed by atoms with Crippen LogP contribution in [-0.4, -0.2) is 289 Å². The second-order valence-electron chi connectivity index (χ2n) is 19.3. The summed E-state index contributed by atoms with van der Waals surface area (Å²) in [4.78, 5) is 85.3. The lowest BCUT2D eigenvalue weighted by Gasteiger charge is -2.40. The Hall–Kier alpha value is -5.22. The molecule has 0 fully saturated rings. The Bertz CT molecular complexity index is 1740. The van der Waals surface area contributed by atoms with Crippen LogP contribution in [0.25, 0.3) is 0 Å². The number of benzene rings is 2. The normalized spacial score (nSPS) is 11.5. The molecule has 0 bridgehead atoms. The minimum absolute atomic E-state index is 0.0548. The van der Waals surface area contributed by atoms with Gasteiger partial charge in [0.15, 0.2) is 0 Å². The lowest BCUT2D eigenvalue weighted by atomic mass is 10.1. The van der Waals surface area contributed by atoms with E-state index in [0.29, 0.717) is 78.5 Å². The monoisotopic (exact) mass is 1110 g/mol. The van der Waals surface area contributed by atoms with Gasteiger partial charge >= 0.3 is 0 Å². The number of nitrogens with zero attached hydrogens (tertiary/aromatic N) is 6. The molecule has 12 N–H and O–H groups in total. The first-order valence-corrected chi connectivity index (χ1v) is 27.5. The fourth-order valence-corrected chi connectivity index (χ4v) is 9.33. The average Bonchev–Trinajstić information content (AvgIpc) is 3.43. The summed E-state index contributed by atoms with van der Waals surface area (Å²) in [7, 11) is 0. The highest BCUT2D eigenvalue weighted by molar-refractivity contribution is 5.78. The van der Waals surface area contributed by atoms with E-state index in [4.69, 9.17) is 0 Å². The number of nitrogens with one attached hydrogen (secondary N) is 4. The number of amides is 6. The van der Waals surface area contributed by atoms with Gasteiger partial charge in [0, 0.05) is 103 Å². The quantitative estimate of drug-likeness (QED) is 0.0222. The molecule has 2 aromatic carbocycles. The van der Waals surface area contributed by atoms with Crippen LogP contribution in [0.5, 0.6) is 0 Å². The van der Waals surface area contributed by atoms with Crippen molar-refractivity contribution in [3.63, 3.8) is 0 Å². The van der Waals surface area contributed by atoms with Gasteiger partial charge in [0.05, 0.1) is 131 Å². The molecule has 24 nitrogen and oxygen atoms in total. The van der Waals surface area contributed by atoms with Gasteiger partial charge in [0.25, 0.3) is 0 Å². The van der Waals surface area contributed by atoms with Crippen LogP contribution in [0.2, 0.25) is 0 Å². The van der Waals surface area contributed by atoms with Gasteiger partial charge in [-0.3, -0.25) is 28.8 Å². The van der Waals surface area contributed by atoms with E-state index in [0.717, 1.165) is 11.1 Å². The third kappa shape index (κ3) is 28.6. The summed E-state index contributed by atoms with van der Waals surface area (Å²) < 4.78 is 0.495. The van der Waals surface area contributed by atoms with Crippen LogP contribution in [-0.2, 0) is 41.9 Å². The summed E-state index contributed by atoms with van der Waals surface area (Å²) in [5.41, 5.74) is 1.91. The predicted octanol–water partition coefficient (Wildman–Crippen LogP) is -3.97. The largest absolute Gasteiger partial charge is 0.395 e. The highest BCUT2D eigenvalue weighted by Crippen LogP contribution is 2.20. The van der Waals surface area contributed by atoms with Crippen molar-refractivity contribution in [3.05, 3.63) is 71.8 Å². The first-order valence-electron chi connectivity index (χ1n) is 27.5. The zero-order valence-corrected chi connectivity index (χ0v) is 45.9. The highest BCUT2D eigenvalue weighted by Gasteiger charge is 2.33. The third-order valence-electron chi connectivity index (χ3n) is 13.6. The summed E-state index contributed by atoms with van der Waals surface area (Å²) >= 11 is 0. The Balaban J connectivity index is 2.01. The van der Waals surface area contributed by atoms with Gasteiger partial charge in [-0.15, -0.1) is 0 Å². The molecule has 0 saturated carbocycles. The van der Waals surface area contributed by atoms with Gasteiger partial charge in [-0.1, -0.05) is 60.7 Å². The SMILES string of the molecule is O=C(CCNCCNCCC(=O)NCC[N+](CCC(=O)N(CCO)CCO)(CCC(=O)N(CCO)CCO)Cc1ccccc1)NCC[N+](CCC(=O)N(CCO)CCO)(CCC(=O)N(CCO)CCO)Cc1ccccc1. The first-order chi connectivity index (χ1) is 37.8. The van der Waals surface area contributed by atoms with Crippen LogP contribution in [0.15, 0.2) is 60.7 Å². The van der Waals surface area contributed by atoms with Crippen molar-refractivity contribution >= 4 is 35.4 Å². The molecule has 0 spiro atoms. The van der Waals surface area contributed by atoms with Crippen LogP contribution in [0, 0.1) is 0 Å². The molecule has 442 valence electrons. The summed E-state index contributed by atoms with van der Waals surface area (Å²) in [6.07, 6.45) is 0.565. The number of rotatable bonds is 47. The van der Waals surface area contributed by atoms with Crippen molar-refractivity contribution in [2.24, 2.45) is 0 Å². The Morgan fingerprint density at radius 2 is 0.590 bits per heavy atom. The van der Waals surface area contributed by atoms with Crippen molar-refractivity contribution in [1.82, 2.24) is 40.9 Å². The molecule has 78 heavy (non-hydrogen) atoms. The van der Waals surface area contributed by atoms with Gasteiger partial charge in [-0.25, -0.2) is 0 Å². The van der Waals surface area contributed by atoms with Crippen molar-refractivity contribution in [3.8, 4) is 0 Å². The van der Waals surface area contributed by atoms with Gasteiger partial charge in [-0.2, -0.15) is 0 Å². The van der Waals surface area contributed by atoms with Crippen LogP contribution >= 0.6 is 0 Å². The number of aliphatic hydroxyl groups excluding tert-OH is 8. The predicted molar refractivity (Wildman–Crippen MR) is 292 cm³/mol. The zero-order valence-electron chi connectivity index (χ0n) is 45.9. The lowest BCUT2D eigenvalue weighted by molar-refractivity contribution is -0.938. The number of carbonyl (C=O) groups is 6. The van der Waals surface area contributed by atoms with E-state index in [1.165, 1.54) is 19.6 Å². The summed E-state index contributed by atoms with van der Waals surface area (Å²) in [6, 6.07) is 19.2. The van der Waals surface area contributed by atoms with E-state index < -0.39 is 0 Å². The maximum atomic E-state index is 13.4. The molecule has 0 atom stereocenters. The van der Waals surface area contributed by atoms with Crippen LogP contribution in [0.4, 0.5) is 0 Å². The molecule has 0 aliphatic rings. The summed E-state index contributed by atoms with van der Waals surface area (Å²) in [6.45, 7) is 3.39. The molecule has 2 aromatic rings. The molecular formula is C54H94N10O14+2. The zero-order chi connectivity index (χ0) is 57.3. The summed E-state index contributed by atoms with van der Waals surface area (Å²) in [5.74, 6) is -1.46. The third-order valence-corrected chi connectivity index (χ3v) is 13.6. The van der Waals surface area contributed by atoms with E-state index in [2.05, 4.69) is 21.3 Å². The standard InChI is InChI=1S/C54H92N10O14/c65-37-23-59(24-38-66)51(75)13-31-63(45-47-7-3-1-4-8-47,32-14-52(76)60(25-39-67)26-40-68)35-21-57-49(73)11-17-55-19-20-56-18-12-50(74)58-22-36-64(46-48-9-5-2-6-10-48,33-15-53(77)61(27-41-69)28-42-70)34-16-54(78)62(29-43-71)30-44-72/h1-10,55-56,65-72H,11-46H2/p+2. The van der Waals surface area contributed by atoms with Crippen molar-refractivity contribution in [2.45, 2.75) is 51.6 Å². The Morgan fingerprint density at radius 3 is 0.833 bits per heavy atom. The van der Waals surface area contributed by atoms with Crippen molar-refractivity contribution < 1.29 is 78.6 Å². The molecule has 2 rings (SSSR count). The highest BCUT2D eigenvalue weighted by atomic mass is 16.3. The molecule has 0 aromatic heterocycles. The Morgan fingerprint density at radius 1 is 0.333 bits per heavy atom. The molecule has 0 heterocycles. The van der Waals surface area contributed by atoms with Crippen LogP contribution < -0.4 is 21.3 Å². The fraction of sp³-hybridized carbons (Fsp3) is 0.667. The Labute approximate surface area is 460 Å². The fourth-order valence-electron chi connectivity index (χ4n) is 9.33. The molecule has 0 unspecified atom stereocenters. The van der Waals surface area contributed by atoms with E-state index in [9.17, 15) is 69.6 Å². The van der Waals surface area contributed by atoms with E-state index in [1.54, 1.807) is 0 Å². The topological polar surface area (TPSA) is 325 Å². The molecular weight excluding hydrogens is 1010 g/mol. The Kier molecular flexibility index (Phi) is 36.9. The maximum Gasteiger partial charge on any atom is 0.228 e. The average molecular weight is 1110 g/mol. The van der Waals surface area contributed by atoms with Gasteiger partial charge in [0.2, 0.25) is 35.4 Å². The first kappa shape index (κ1) is 68.9. The minimum atomic E-state index is -0.268. The van der Waals surface area contributed by atoms with Crippen molar-refractivity contribution in [1.29, 1.82) is 0 Å². The number of aliphatic hydroxyl groups is 8. The number of carbonyl (C=O) groups excluding carboxylic acids is 6. The minimum Gasteiger partial charge on any atom is -0.395 e. The van der Waals surface area contributed by atoms with Crippen LogP contribution in [0.3, 0.4) is 0 Å². The second-order valence-corrected chi connectivity index (χ2v) is 19.3. The second kappa shape index (κ2) is 41.8. The van der Waals surface area contributed by atoms with E-state index in [1.807, 2.05) is 60.7 Å². The maximum absolute atomic E-state index is 13.4. The molecule has 0 aliphatic heterocycles. The van der Waals surface area contributed by atoms with Crippen LogP contribution in [0.1, 0.15) is 49.7 Å². The van der Waals surface area contributed by atoms with Crippen molar-refractivity contribution in [2.75, 3.05) is 184 Å². The smallest absolute Gasteiger partial charge is 0.228 e. The van der Waals surface area contributed by atoms with Gasteiger partial charge in [0.1, 0.15) is 13.1 Å². The van der Waals surface area contributed by atoms with Gasteiger partial charge in [-0.05, 0) is 0 Å². The number of hydrogen-bond acceptors (Lipinski definition) is 16. The molecule has 24 heteroatoms.